The second kappa shape index (κ2) is 8.10. The van der Waals surface area contributed by atoms with Gasteiger partial charge in [-0.3, -0.25) is 9.59 Å². The fourth-order valence-corrected chi connectivity index (χ4v) is 3.60. The van der Waals surface area contributed by atoms with Gasteiger partial charge in [-0.25, -0.2) is 4.98 Å². The number of oxazole rings is 1. The number of carbonyl (C=O) groups is 2. The van der Waals surface area contributed by atoms with Crippen molar-refractivity contribution in [3.8, 4) is 11.3 Å². The third-order valence-corrected chi connectivity index (χ3v) is 5.01. The molecular weight excluding hydrogens is 379 g/mol. The van der Waals surface area contributed by atoms with Gasteiger partial charge in [-0.1, -0.05) is 23.2 Å². The predicted molar refractivity (Wildman–Crippen MR) is 97.2 cm³/mol. The molecule has 26 heavy (non-hydrogen) atoms. The molecule has 1 amide bonds. The number of nitrogens with zero attached hydrogens (tertiary/aromatic N) is 1. The van der Waals surface area contributed by atoms with E-state index in [0.29, 0.717) is 52.9 Å². The van der Waals surface area contributed by atoms with Crippen molar-refractivity contribution in [1.29, 1.82) is 0 Å². The molecule has 0 saturated heterocycles. The van der Waals surface area contributed by atoms with Crippen LogP contribution in [0, 0.1) is 5.92 Å². The number of benzene rings is 1. The summed E-state index contributed by atoms with van der Waals surface area (Å²) in [5.74, 6) is -0.336. The summed E-state index contributed by atoms with van der Waals surface area (Å²) in [6.07, 6.45) is 3.93. The Morgan fingerprint density at radius 2 is 2.12 bits per heavy atom. The third-order valence-electron chi connectivity index (χ3n) is 4.46. The first kappa shape index (κ1) is 18.7. The van der Waals surface area contributed by atoms with Gasteiger partial charge >= 0.3 is 5.97 Å². The van der Waals surface area contributed by atoms with Gasteiger partial charge in [-0.2, -0.15) is 0 Å². The van der Waals surface area contributed by atoms with Gasteiger partial charge < -0.3 is 14.8 Å². The lowest BCUT2D eigenvalue weighted by Gasteiger charge is -2.11. The van der Waals surface area contributed by atoms with Crippen molar-refractivity contribution < 1.29 is 19.1 Å². The van der Waals surface area contributed by atoms with E-state index in [9.17, 15) is 9.59 Å². The van der Waals surface area contributed by atoms with Gasteiger partial charge in [0.2, 0.25) is 5.91 Å². The van der Waals surface area contributed by atoms with E-state index < -0.39 is 5.97 Å². The normalized spacial score (nSPS) is 19.5. The Labute approximate surface area is 160 Å². The topological polar surface area (TPSA) is 92.4 Å². The second-order valence-electron chi connectivity index (χ2n) is 6.36. The van der Waals surface area contributed by atoms with Gasteiger partial charge in [0.25, 0.3) is 0 Å². The van der Waals surface area contributed by atoms with Crippen molar-refractivity contribution in [2.45, 2.75) is 38.1 Å². The highest BCUT2D eigenvalue weighted by Crippen LogP contribution is 2.31. The maximum Gasteiger partial charge on any atom is 0.306 e. The van der Waals surface area contributed by atoms with E-state index in [1.54, 1.807) is 24.4 Å². The highest BCUT2D eigenvalue weighted by atomic mass is 35.5. The van der Waals surface area contributed by atoms with E-state index in [1.807, 2.05) is 0 Å². The van der Waals surface area contributed by atoms with Crippen LogP contribution in [0.15, 0.2) is 28.8 Å². The summed E-state index contributed by atoms with van der Waals surface area (Å²) in [6.45, 7) is 0. The number of rotatable bonds is 6. The average Bonchev–Trinajstić information content (AvgIpc) is 3.22. The standard InChI is InChI=1S/C18H18Cl2N2O4/c19-11-2-4-13(14(20)8-11)15-9-21-17(26-15)6-5-16(23)22-12-3-1-10(7-12)18(24)25/h2,4,8-10,12H,1,3,5-7H2,(H,22,23)(H,24,25)/t10-,12+/m0/s1. The lowest BCUT2D eigenvalue weighted by atomic mass is 10.1. The molecule has 0 bridgehead atoms. The van der Waals surface area contributed by atoms with Crippen molar-refractivity contribution in [2.75, 3.05) is 0 Å². The number of carbonyl (C=O) groups excluding carboxylic acids is 1. The zero-order valence-corrected chi connectivity index (χ0v) is 15.4. The van der Waals surface area contributed by atoms with Crippen LogP contribution in [0.5, 0.6) is 0 Å². The molecule has 0 spiro atoms. The number of hydrogen-bond acceptors (Lipinski definition) is 4. The number of nitrogens with one attached hydrogen (secondary N) is 1. The molecule has 3 rings (SSSR count). The van der Waals surface area contributed by atoms with Crippen molar-refractivity contribution in [1.82, 2.24) is 10.3 Å². The van der Waals surface area contributed by atoms with Gasteiger partial charge in [0.1, 0.15) is 0 Å². The Balaban J connectivity index is 1.52. The van der Waals surface area contributed by atoms with E-state index in [0.717, 1.165) is 0 Å². The minimum Gasteiger partial charge on any atom is -0.481 e. The number of aliphatic carboxylic acids is 1. The van der Waals surface area contributed by atoms with Crippen molar-refractivity contribution in [2.24, 2.45) is 5.92 Å². The minimum absolute atomic E-state index is 0.0726. The maximum absolute atomic E-state index is 12.1. The number of hydrogen-bond donors (Lipinski definition) is 2. The zero-order chi connectivity index (χ0) is 18.7. The van der Waals surface area contributed by atoms with Crippen LogP contribution in [0.3, 0.4) is 0 Å². The van der Waals surface area contributed by atoms with E-state index >= 15 is 0 Å². The number of aryl methyl sites for hydroxylation is 1. The molecule has 2 aromatic rings. The smallest absolute Gasteiger partial charge is 0.306 e. The molecule has 0 radical (unpaired) electrons. The monoisotopic (exact) mass is 396 g/mol. The summed E-state index contributed by atoms with van der Waals surface area (Å²) in [4.78, 5) is 27.2. The molecule has 8 heteroatoms. The molecule has 0 aliphatic heterocycles. The van der Waals surface area contributed by atoms with Crippen molar-refractivity contribution in [3.63, 3.8) is 0 Å². The summed E-state index contributed by atoms with van der Waals surface area (Å²) >= 11 is 12.0. The summed E-state index contributed by atoms with van der Waals surface area (Å²) in [6, 6.07) is 5.02. The lowest BCUT2D eigenvalue weighted by Crippen LogP contribution is -2.33. The molecule has 6 nitrogen and oxygen atoms in total. The van der Waals surface area contributed by atoms with Gasteiger partial charge in [-0.15, -0.1) is 0 Å². The highest BCUT2D eigenvalue weighted by molar-refractivity contribution is 6.36. The Hall–Kier alpha value is -2.05. The average molecular weight is 397 g/mol. The van der Waals surface area contributed by atoms with E-state index in [4.69, 9.17) is 32.7 Å². The number of carboxylic acids is 1. The zero-order valence-electron chi connectivity index (χ0n) is 13.9. The second-order valence-corrected chi connectivity index (χ2v) is 7.20. The fraction of sp³-hybridized carbons (Fsp3) is 0.389. The van der Waals surface area contributed by atoms with Crippen LogP contribution in [0.4, 0.5) is 0 Å². The van der Waals surface area contributed by atoms with Crippen LogP contribution in [0.1, 0.15) is 31.6 Å². The molecular formula is C18H18Cl2N2O4. The fourth-order valence-electron chi connectivity index (χ4n) is 3.10. The van der Waals surface area contributed by atoms with E-state index in [2.05, 4.69) is 10.3 Å². The van der Waals surface area contributed by atoms with Gasteiger partial charge in [0, 0.05) is 29.5 Å². The molecule has 0 unspecified atom stereocenters. The van der Waals surface area contributed by atoms with Crippen LogP contribution in [0.25, 0.3) is 11.3 Å². The van der Waals surface area contributed by atoms with Crippen molar-refractivity contribution in [3.05, 3.63) is 40.3 Å². The van der Waals surface area contributed by atoms with Crippen LogP contribution in [0.2, 0.25) is 10.0 Å². The predicted octanol–water partition coefficient (Wildman–Crippen LogP) is 3.95. The maximum atomic E-state index is 12.1. The molecule has 1 fully saturated rings. The molecule has 1 aromatic heterocycles. The van der Waals surface area contributed by atoms with Crippen LogP contribution in [-0.4, -0.2) is 28.0 Å². The number of carboxylic acid groups (broad SMARTS) is 1. The molecule has 1 aliphatic rings. The summed E-state index contributed by atoms with van der Waals surface area (Å²) in [7, 11) is 0. The molecule has 2 N–H and O–H groups in total. The van der Waals surface area contributed by atoms with Crippen molar-refractivity contribution >= 4 is 35.1 Å². The lowest BCUT2D eigenvalue weighted by molar-refractivity contribution is -0.141. The van der Waals surface area contributed by atoms with Gasteiger partial charge in [0.15, 0.2) is 11.7 Å². The molecule has 1 saturated carbocycles. The van der Waals surface area contributed by atoms with E-state index in [1.165, 1.54) is 0 Å². The molecule has 138 valence electrons. The Morgan fingerprint density at radius 3 is 2.81 bits per heavy atom. The Kier molecular flexibility index (Phi) is 5.84. The summed E-state index contributed by atoms with van der Waals surface area (Å²) in [5.41, 5.74) is 0.685. The van der Waals surface area contributed by atoms with Gasteiger partial charge in [0.05, 0.1) is 17.1 Å². The Morgan fingerprint density at radius 1 is 1.31 bits per heavy atom. The first-order chi connectivity index (χ1) is 12.4. The number of aromatic nitrogens is 1. The Bertz CT molecular complexity index is 821. The third kappa shape index (κ3) is 4.56. The van der Waals surface area contributed by atoms with Gasteiger partial charge in [-0.05, 0) is 37.5 Å². The minimum atomic E-state index is -0.796. The number of amides is 1. The first-order valence-corrected chi connectivity index (χ1v) is 9.10. The molecule has 1 aromatic carbocycles. The SMILES string of the molecule is O=C(CCc1ncc(-c2ccc(Cl)cc2Cl)o1)N[C@@H]1CC[C@H](C(=O)O)C1. The van der Waals surface area contributed by atoms with E-state index in [-0.39, 0.29) is 24.3 Å². The van der Waals surface area contributed by atoms with Crippen LogP contribution >= 0.6 is 23.2 Å². The molecule has 1 aliphatic carbocycles. The van der Waals surface area contributed by atoms with Crippen LogP contribution < -0.4 is 5.32 Å². The largest absolute Gasteiger partial charge is 0.481 e. The quantitative estimate of drug-likeness (QED) is 0.770. The number of halogens is 2. The first-order valence-electron chi connectivity index (χ1n) is 8.34. The van der Waals surface area contributed by atoms with Crippen LogP contribution in [-0.2, 0) is 16.0 Å². The highest BCUT2D eigenvalue weighted by Gasteiger charge is 2.30. The summed E-state index contributed by atoms with van der Waals surface area (Å²) in [5, 5.41) is 12.9. The molecule has 1 heterocycles. The molecule has 2 atom stereocenters. The summed E-state index contributed by atoms with van der Waals surface area (Å²) < 4.78 is 5.66.